The molecule has 0 saturated heterocycles. The Bertz CT molecular complexity index is 834. The molecule has 0 atom stereocenters. The summed E-state index contributed by atoms with van der Waals surface area (Å²) in [6.07, 6.45) is 1.56. The van der Waals surface area contributed by atoms with Gasteiger partial charge >= 0.3 is 0 Å². The standard InChI is InChI=1S/C20H23N3O4/c1-14-6-4-5-7-17(14)22-19(24)10-11-20(25)23-21-13-15-12-16(26-2)8-9-18(15)27-3/h4-9,12-13H,10-11H2,1-3H3,(H,22,24)(H,23,25)/b21-13-. The number of aryl methyl sites for hydroxylation is 1. The van der Waals surface area contributed by atoms with Crippen LogP contribution in [0.15, 0.2) is 47.6 Å². The molecular formula is C20H23N3O4. The fraction of sp³-hybridized carbons (Fsp3) is 0.250. The highest BCUT2D eigenvalue weighted by atomic mass is 16.5. The Morgan fingerprint density at radius 3 is 2.48 bits per heavy atom. The van der Waals surface area contributed by atoms with E-state index in [0.29, 0.717) is 17.1 Å². The van der Waals surface area contributed by atoms with E-state index in [1.807, 2.05) is 31.2 Å². The fourth-order valence-corrected chi connectivity index (χ4v) is 2.32. The van der Waals surface area contributed by atoms with E-state index < -0.39 is 0 Å². The summed E-state index contributed by atoms with van der Waals surface area (Å²) in [6.45, 7) is 1.91. The van der Waals surface area contributed by atoms with Crippen molar-refractivity contribution in [2.75, 3.05) is 19.5 Å². The van der Waals surface area contributed by atoms with Crippen molar-refractivity contribution in [3.05, 3.63) is 53.6 Å². The summed E-state index contributed by atoms with van der Waals surface area (Å²) in [7, 11) is 3.11. The van der Waals surface area contributed by atoms with Gasteiger partial charge in [-0.2, -0.15) is 5.10 Å². The summed E-state index contributed by atoms with van der Waals surface area (Å²) >= 11 is 0. The number of anilines is 1. The number of nitrogens with one attached hydrogen (secondary N) is 2. The van der Waals surface area contributed by atoms with E-state index in [4.69, 9.17) is 9.47 Å². The molecule has 0 aliphatic heterocycles. The molecule has 2 aromatic carbocycles. The Balaban J connectivity index is 1.83. The summed E-state index contributed by atoms with van der Waals surface area (Å²) in [5.74, 6) is 0.675. The van der Waals surface area contributed by atoms with Gasteiger partial charge in [0.2, 0.25) is 11.8 Å². The number of hydrogen-bond acceptors (Lipinski definition) is 5. The molecule has 27 heavy (non-hydrogen) atoms. The van der Waals surface area contributed by atoms with Gasteiger partial charge in [0.15, 0.2) is 0 Å². The summed E-state index contributed by atoms with van der Waals surface area (Å²) < 4.78 is 10.4. The molecule has 2 amide bonds. The molecule has 0 heterocycles. The maximum Gasteiger partial charge on any atom is 0.240 e. The van der Waals surface area contributed by atoms with Crippen LogP contribution in [0.1, 0.15) is 24.0 Å². The average Bonchev–Trinajstić information content (AvgIpc) is 2.68. The normalized spacial score (nSPS) is 10.5. The van der Waals surface area contributed by atoms with Gasteiger partial charge in [0.05, 0.1) is 20.4 Å². The van der Waals surface area contributed by atoms with Crippen LogP contribution in [-0.2, 0) is 9.59 Å². The lowest BCUT2D eigenvalue weighted by Crippen LogP contribution is -2.20. The molecule has 2 rings (SSSR count). The minimum atomic E-state index is -0.354. The van der Waals surface area contributed by atoms with Crippen molar-refractivity contribution < 1.29 is 19.1 Å². The van der Waals surface area contributed by atoms with Gasteiger partial charge in [-0.15, -0.1) is 0 Å². The van der Waals surface area contributed by atoms with E-state index in [0.717, 1.165) is 11.3 Å². The first kappa shape index (κ1) is 20.0. The summed E-state index contributed by atoms with van der Waals surface area (Å²) in [5.41, 5.74) is 4.77. The van der Waals surface area contributed by atoms with Crippen LogP contribution >= 0.6 is 0 Å². The number of carbonyl (C=O) groups excluding carboxylic acids is 2. The van der Waals surface area contributed by atoms with Crippen molar-refractivity contribution in [3.8, 4) is 11.5 Å². The number of amides is 2. The number of hydrazone groups is 1. The van der Waals surface area contributed by atoms with Crippen LogP contribution in [0, 0.1) is 6.92 Å². The average molecular weight is 369 g/mol. The lowest BCUT2D eigenvalue weighted by molar-refractivity contribution is -0.124. The molecule has 7 heteroatoms. The summed E-state index contributed by atoms with van der Waals surface area (Å²) in [6, 6.07) is 12.7. The molecular weight excluding hydrogens is 346 g/mol. The van der Waals surface area contributed by atoms with E-state index in [1.54, 1.807) is 32.4 Å². The van der Waals surface area contributed by atoms with Gasteiger partial charge in [-0.1, -0.05) is 18.2 Å². The summed E-state index contributed by atoms with van der Waals surface area (Å²) in [4.78, 5) is 23.8. The molecule has 0 aliphatic rings. The van der Waals surface area contributed by atoms with Crippen LogP contribution in [-0.4, -0.2) is 32.2 Å². The number of methoxy groups -OCH3 is 2. The largest absolute Gasteiger partial charge is 0.497 e. The molecule has 0 aliphatic carbocycles. The molecule has 0 radical (unpaired) electrons. The third kappa shape index (κ3) is 6.14. The zero-order valence-electron chi connectivity index (χ0n) is 15.6. The first-order chi connectivity index (χ1) is 13.0. The number of ether oxygens (including phenoxy) is 2. The van der Waals surface area contributed by atoms with Gasteiger partial charge in [0.1, 0.15) is 11.5 Å². The zero-order valence-corrected chi connectivity index (χ0v) is 15.6. The Labute approximate surface area is 158 Å². The molecule has 0 bridgehead atoms. The van der Waals surface area contributed by atoms with Crippen molar-refractivity contribution in [2.45, 2.75) is 19.8 Å². The number of hydrogen-bond donors (Lipinski definition) is 2. The highest BCUT2D eigenvalue weighted by Gasteiger charge is 2.08. The minimum absolute atomic E-state index is 0.0320. The Morgan fingerprint density at radius 2 is 1.78 bits per heavy atom. The van der Waals surface area contributed by atoms with E-state index in [2.05, 4.69) is 15.8 Å². The number of benzene rings is 2. The van der Waals surface area contributed by atoms with Crippen LogP contribution in [0.25, 0.3) is 0 Å². The quantitative estimate of drug-likeness (QED) is 0.553. The van der Waals surface area contributed by atoms with Crippen molar-refractivity contribution in [1.82, 2.24) is 5.43 Å². The van der Waals surface area contributed by atoms with Crippen molar-refractivity contribution in [3.63, 3.8) is 0 Å². The molecule has 0 saturated carbocycles. The molecule has 2 aromatic rings. The zero-order chi connectivity index (χ0) is 19.6. The maximum atomic E-state index is 12.0. The molecule has 0 unspecified atom stereocenters. The van der Waals surface area contributed by atoms with Crippen LogP contribution in [0.2, 0.25) is 0 Å². The molecule has 0 spiro atoms. The van der Waals surface area contributed by atoms with Gasteiger partial charge in [-0.3, -0.25) is 9.59 Å². The number of rotatable bonds is 8. The van der Waals surface area contributed by atoms with E-state index >= 15 is 0 Å². The van der Waals surface area contributed by atoms with E-state index in [9.17, 15) is 9.59 Å². The SMILES string of the molecule is COc1ccc(OC)c(/C=N\NC(=O)CCC(=O)Nc2ccccc2C)c1. The first-order valence-corrected chi connectivity index (χ1v) is 8.43. The van der Waals surface area contributed by atoms with Gasteiger partial charge in [-0.05, 0) is 36.8 Å². The molecule has 7 nitrogen and oxygen atoms in total. The smallest absolute Gasteiger partial charge is 0.240 e. The summed E-state index contributed by atoms with van der Waals surface area (Å²) in [5, 5.41) is 6.70. The number of nitrogens with zero attached hydrogens (tertiary/aromatic N) is 1. The van der Waals surface area contributed by atoms with Gasteiger partial charge < -0.3 is 14.8 Å². The number of para-hydroxylation sites is 1. The van der Waals surface area contributed by atoms with Crippen molar-refractivity contribution in [1.29, 1.82) is 0 Å². The van der Waals surface area contributed by atoms with Crippen LogP contribution in [0.5, 0.6) is 11.5 Å². The van der Waals surface area contributed by atoms with Crippen molar-refractivity contribution >= 4 is 23.7 Å². The molecule has 0 aromatic heterocycles. The van der Waals surface area contributed by atoms with Crippen LogP contribution < -0.4 is 20.2 Å². The monoisotopic (exact) mass is 369 g/mol. The molecule has 0 fully saturated rings. The van der Waals surface area contributed by atoms with Crippen LogP contribution in [0.4, 0.5) is 5.69 Å². The first-order valence-electron chi connectivity index (χ1n) is 8.43. The molecule has 142 valence electrons. The van der Waals surface area contributed by atoms with Crippen LogP contribution in [0.3, 0.4) is 0 Å². The van der Waals surface area contributed by atoms with E-state index in [1.165, 1.54) is 6.21 Å². The van der Waals surface area contributed by atoms with Gasteiger partial charge in [-0.25, -0.2) is 5.43 Å². The highest BCUT2D eigenvalue weighted by molar-refractivity contribution is 5.94. The molecule has 2 N–H and O–H groups in total. The van der Waals surface area contributed by atoms with Gasteiger partial charge in [0.25, 0.3) is 0 Å². The lowest BCUT2D eigenvalue weighted by atomic mass is 10.2. The second-order valence-corrected chi connectivity index (χ2v) is 5.76. The Kier molecular flexibility index (Phi) is 7.37. The Morgan fingerprint density at radius 1 is 1.04 bits per heavy atom. The number of carbonyl (C=O) groups is 2. The fourth-order valence-electron chi connectivity index (χ4n) is 2.32. The Hall–Kier alpha value is -3.35. The third-order valence-corrected chi connectivity index (χ3v) is 3.83. The topological polar surface area (TPSA) is 89.0 Å². The lowest BCUT2D eigenvalue weighted by Gasteiger charge is -2.08. The minimum Gasteiger partial charge on any atom is -0.497 e. The predicted octanol–water partition coefficient (Wildman–Crippen LogP) is 2.88. The van der Waals surface area contributed by atoms with E-state index in [-0.39, 0.29) is 24.7 Å². The van der Waals surface area contributed by atoms with Gasteiger partial charge in [0, 0.05) is 24.1 Å². The second kappa shape index (κ2) is 9.96. The third-order valence-electron chi connectivity index (χ3n) is 3.83. The highest BCUT2D eigenvalue weighted by Crippen LogP contribution is 2.22. The predicted molar refractivity (Wildman–Crippen MR) is 104 cm³/mol. The maximum absolute atomic E-state index is 12.0. The van der Waals surface area contributed by atoms with Crippen molar-refractivity contribution in [2.24, 2.45) is 5.10 Å². The second-order valence-electron chi connectivity index (χ2n) is 5.76.